The zero-order chi connectivity index (χ0) is 15.1. The maximum Gasteiger partial charge on any atom is 0.234 e. The molecular formula is C13H18N2O3S2. The molecule has 0 aromatic heterocycles. The van der Waals surface area contributed by atoms with Crippen molar-refractivity contribution in [2.45, 2.75) is 0 Å². The first-order chi connectivity index (χ1) is 9.46. The van der Waals surface area contributed by atoms with Gasteiger partial charge in [0.2, 0.25) is 5.91 Å². The SMILES string of the molecule is COc1cc(NC(=O)CSC(=S)N(C)C)cc(OC)c1. The van der Waals surface area contributed by atoms with Crippen LogP contribution in [0.15, 0.2) is 18.2 Å². The van der Waals surface area contributed by atoms with Gasteiger partial charge in [-0.25, -0.2) is 0 Å². The number of nitrogens with zero attached hydrogens (tertiary/aromatic N) is 1. The Morgan fingerprint density at radius 3 is 2.25 bits per heavy atom. The zero-order valence-electron chi connectivity index (χ0n) is 11.9. The fourth-order valence-electron chi connectivity index (χ4n) is 1.33. The van der Waals surface area contributed by atoms with Crippen molar-refractivity contribution in [3.63, 3.8) is 0 Å². The predicted molar refractivity (Wildman–Crippen MR) is 86.9 cm³/mol. The van der Waals surface area contributed by atoms with E-state index in [0.29, 0.717) is 21.5 Å². The summed E-state index contributed by atoms with van der Waals surface area (Å²) in [5.74, 6) is 1.37. The molecule has 0 unspecified atom stereocenters. The van der Waals surface area contributed by atoms with Crippen molar-refractivity contribution >= 4 is 39.9 Å². The van der Waals surface area contributed by atoms with Crippen LogP contribution in [0.5, 0.6) is 11.5 Å². The molecule has 0 radical (unpaired) electrons. The molecule has 1 aromatic carbocycles. The molecule has 0 fully saturated rings. The minimum Gasteiger partial charge on any atom is -0.497 e. The fraction of sp³-hybridized carbons (Fsp3) is 0.385. The minimum absolute atomic E-state index is 0.130. The highest BCUT2D eigenvalue weighted by atomic mass is 32.2. The molecule has 1 rings (SSSR count). The Balaban J connectivity index is 2.63. The van der Waals surface area contributed by atoms with Gasteiger partial charge in [0.15, 0.2) is 0 Å². The first-order valence-electron chi connectivity index (χ1n) is 5.83. The zero-order valence-corrected chi connectivity index (χ0v) is 13.6. The van der Waals surface area contributed by atoms with Gasteiger partial charge in [-0.2, -0.15) is 0 Å². The first-order valence-corrected chi connectivity index (χ1v) is 7.22. The Kier molecular flexibility index (Phi) is 6.60. The van der Waals surface area contributed by atoms with Crippen molar-refractivity contribution < 1.29 is 14.3 Å². The summed E-state index contributed by atoms with van der Waals surface area (Å²) >= 11 is 6.42. The van der Waals surface area contributed by atoms with E-state index >= 15 is 0 Å². The smallest absolute Gasteiger partial charge is 0.234 e. The number of anilines is 1. The van der Waals surface area contributed by atoms with Gasteiger partial charge in [-0.15, -0.1) is 0 Å². The lowest BCUT2D eigenvalue weighted by Crippen LogP contribution is -2.20. The Bertz CT molecular complexity index is 470. The second kappa shape index (κ2) is 7.96. The van der Waals surface area contributed by atoms with Crippen LogP contribution in [0.25, 0.3) is 0 Å². The van der Waals surface area contributed by atoms with Gasteiger partial charge in [-0.05, 0) is 0 Å². The maximum atomic E-state index is 11.8. The van der Waals surface area contributed by atoms with Crippen molar-refractivity contribution in [1.82, 2.24) is 4.90 Å². The standard InChI is InChI=1S/C13H18N2O3S2/c1-15(2)13(19)20-8-12(16)14-9-5-10(17-3)7-11(6-9)18-4/h5-7H,8H2,1-4H3,(H,14,16). The van der Waals surface area contributed by atoms with E-state index in [9.17, 15) is 4.79 Å². The number of benzene rings is 1. The summed E-state index contributed by atoms with van der Waals surface area (Å²) in [5, 5.41) is 2.79. The van der Waals surface area contributed by atoms with E-state index in [1.807, 2.05) is 14.1 Å². The van der Waals surface area contributed by atoms with Gasteiger partial charge in [0.1, 0.15) is 15.8 Å². The molecule has 1 aromatic rings. The van der Waals surface area contributed by atoms with Gasteiger partial charge >= 0.3 is 0 Å². The summed E-state index contributed by atoms with van der Waals surface area (Å²) < 4.78 is 11.0. The van der Waals surface area contributed by atoms with Crippen molar-refractivity contribution in [1.29, 1.82) is 0 Å². The first kappa shape index (κ1) is 16.6. The Hall–Kier alpha value is -1.47. The summed E-state index contributed by atoms with van der Waals surface area (Å²) in [4.78, 5) is 13.6. The van der Waals surface area contributed by atoms with Crippen LogP contribution < -0.4 is 14.8 Å². The van der Waals surface area contributed by atoms with Gasteiger partial charge in [0.05, 0.1) is 20.0 Å². The largest absolute Gasteiger partial charge is 0.497 e. The molecule has 0 aliphatic rings. The number of rotatable bonds is 5. The average Bonchev–Trinajstić information content (AvgIpc) is 2.43. The summed E-state index contributed by atoms with van der Waals surface area (Å²) in [6, 6.07) is 5.20. The number of thioether (sulfide) groups is 1. The molecule has 20 heavy (non-hydrogen) atoms. The number of hydrogen-bond acceptors (Lipinski definition) is 5. The molecular weight excluding hydrogens is 296 g/mol. The van der Waals surface area contributed by atoms with Crippen LogP contribution in [0.3, 0.4) is 0 Å². The third-order valence-electron chi connectivity index (χ3n) is 2.33. The number of carbonyl (C=O) groups is 1. The number of amides is 1. The summed E-state index contributed by atoms with van der Waals surface area (Å²) in [5.41, 5.74) is 0.627. The molecule has 0 aliphatic carbocycles. The van der Waals surface area contributed by atoms with E-state index in [4.69, 9.17) is 21.7 Å². The molecule has 110 valence electrons. The van der Waals surface area contributed by atoms with Crippen molar-refractivity contribution in [2.24, 2.45) is 0 Å². The lowest BCUT2D eigenvalue weighted by Gasteiger charge is -2.13. The molecule has 0 aliphatic heterocycles. The van der Waals surface area contributed by atoms with E-state index in [0.717, 1.165) is 0 Å². The van der Waals surface area contributed by atoms with Crippen LogP contribution in [0.2, 0.25) is 0 Å². The molecule has 0 spiro atoms. The van der Waals surface area contributed by atoms with Crippen LogP contribution in [-0.2, 0) is 4.79 Å². The molecule has 0 bridgehead atoms. The molecule has 1 N–H and O–H groups in total. The highest BCUT2D eigenvalue weighted by Gasteiger charge is 2.08. The van der Waals surface area contributed by atoms with E-state index in [1.54, 1.807) is 37.3 Å². The number of thiocarbonyl (C=S) groups is 1. The molecule has 0 saturated carbocycles. The second-order valence-corrected chi connectivity index (χ2v) is 5.71. The van der Waals surface area contributed by atoms with Gasteiger partial charge < -0.3 is 19.7 Å². The minimum atomic E-state index is -0.130. The molecule has 0 saturated heterocycles. The van der Waals surface area contributed by atoms with Crippen LogP contribution in [0, 0.1) is 0 Å². The van der Waals surface area contributed by atoms with Crippen LogP contribution in [-0.4, -0.2) is 49.2 Å². The third kappa shape index (κ3) is 5.26. The molecule has 0 atom stereocenters. The van der Waals surface area contributed by atoms with Gasteiger partial charge in [0, 0.05) is 38.0 Å². The lowest BCUT2D eigenvalue weighted by atomic mass is 10.2. The van der Waals surface area contributed by atoms with Crippen molar-refractivity contribution in [2.75, 3.05) is 39.4 Å². The molecule has 0 heterocycles. The van der Waals surface area contributed by atoms with Crippen molar-refractivity contribution in [3.8, 4) is 11.5 Å². The lowest BCUT2D eigenvalue weighted by molar-refractivity contribution is -0.113. The van der Waals surface area contributed by atoms with Crippen LogP contribution in [0.1, 0.15) is 0 Å². The molecule has 1 amide bonds. The summed E-state index contributed by atoms with van der Waals surface area (Å²) in [6.07, 6.45) is 0. The number of nitrogens with one attached hydrogen (secondary N) is 1. The van der Waals surface area contributed by atoms with Crippen LogP contribution >= 0.6 is 24.0 Å². The summed E-state index contributed by atoms with van der Waals surface area (Å²) in [6.45, 7) is 0. The van der Waals surface area contributed by atoms with E-state index < -0.39 is 0 Å². The summed E-state index contributed by atoms with van der Waals surface area (Å²) in [7, 11) is 6.82. The maximum absolute atomic E-state index is 11.8. The van der Waals surface area contributed by atoms with E-state index in [-0.39, 0.29) is 11.7 Å². The van der Waals surface area contributed by atoms with Crippen molar-refractivity contribution in [3.05, 3.63) is 18.2 Å². The highest BCUT2D eigenvalue weighted by molar-refractivity contribution is 8.23. The topological polar surface area (TPSA) is 50.8 Å². The monoisotopic (exact) mass is 314 g/mol. The van der Waals surface area contributed by atoms with Crippen LogP contribution in [0.4, 0.5) is 5.69 Å². The molecule has 7 heteroatoms. The number of hydrogen-bond donors (Lipinski definition) is 1. The normalized spacial score (nSPS) is 9.80. The van der Waals surface area contributed by atoms with Gasteiger partial charge in [-0.3, -0.25) is 4.79 Å². The Labute approximate surface area is 128 Å². The quantitative estimate of drug-likeness (QED) is 0.841. The average molecular weight is 314 g/mol. The molecule has 5 nitrogen and oxygen atoms in total. The van der Waals surface area contributed by atoms with E-state index in [2.05, 4.69) is 5.32 Å². The van der Waals surface area contributed by atoms with E-state index in [1.165, 1.54) is 11.8 Å². The van der Waals surface area contributed by atoms with Gasteiger partial charge in [-0.1, -0.05) is 24.0 Å². The number of methoxy groups -OCH3 is 2. The Morgan fingerprint density at radius 1 is 1.25 bits per heavy atom. The third-order valence-corrected chi connectivity index (χ3v) is 4.06. The number of carbonyl (C=O) groups excluding carboxylic acids is 1. The Morgan fingerprint density at radius 2 is 1.80 bits per heavy atom. The van der Waals surface area contributed by atoms with Gasteiger partial charge in [0.25, 0.3) is 0 Å². The second-order valence-electron chi connectivity index (χ2n) is 4.10. The number of ether oxygens (including phenoxy) is 2. The highest BCUT2D eigenvalue weighted by Crippen LogP contribution is 2.25. The predicted octanol–water partition coefficient (Wildman–Crippen LogP) is 2.22. The fourth-order valence-corrected chi connectivity index (χ4v) is 2.09.